The molecule has 1 N–H and O–H groups in total. The Kier molecular flexibility index (Phi) is 5.97. The van der Waals surface area contributed by atoms with E-state index in [2.05, 4.69) is 25.4 Å². The Morgan fingerprint density at radius 2 is 2.00 bits per heavy atom. The Balaban J connectivity index is 1.14. The van der Waals surface area contributed by atoms with E-state index in [-0.39, 0.29) is 17.6 Å². The zero-order chi connectivity index (χ0) is 23.8. The molecule has 0 unspecified atom stereocenters. The van der Waals surface area contributed by atoms with E-state index in [0.29, 0.717) is 37.6 Å². The van der Waals surface area contributed by atoms with Crippen LogP contribution in [0.3, 0.4) is 0 Å². The highest BCUT2D eigenvalue weighted by Gasteiger charge is 2.28. The van der Waals surface area contributed by atoms with Gasteiger partial charge in [-0.2, -0.15) is 0 Å². The van der Waals surface area contributed by atoms with Crippen LogP contribution < -0.4 is 10.1 Å². The van der Waals surface area contributed by atoms with Crippen LogP contribution in [0.1, 0.15) is 48.3 Å². The van der Waals surface area contributed by atoms with Gasteiger partial charge in [0.05, 0.1) is 13.2 Å². The molecule has 10 heteroatoms. The molecule has 3 aliphatic rings. The Hall–Kier alpha value is -3.27. The third kappa shape index (κ3) is 4.31. The van der Waals surface area contributed by atoms with Gasteiger partial charge in [-0.05, 0) is 56.8 Å². The zero-order valence-corrected chi connectivity index (χ0v) is 19.7. The van der Waals surface area contributed by atoms with Gasteiger partial charge in [0.1, 0.15) is 17.9 Å². The minimum atomic E-state index is -0.246. The standard InChI is InChI=1S/C25H30FN7O2/c26-21-3-4-22-18(7-12-35-22)20(21)14-28-25-27-13-19(24-30-29-16-33(24)25)17-5-10-32(11-6-17)23(34)15-31-8-1-2-9-31/h3-4,13,16-17H,1-2,5-12,14-15H2,(H,27,28). The number of rotatable bonds is 6. The molecule has 0 bridgehead atoms. The fourth-order valence-corrected chi connectivity index (χ4v) is 5.60. The number of nitrogens with one attached hydrogen (secondary N) is 1. The number of ether oxygens (including phenoxy) is 1. The van der Waals surface area contributed by atoms with E-state index in [4.69, 9.17) is 4.74 Å². The number of hydrogen-bond donors (Lipinski definition) is 1. The second-order valence-electron chi connectivity index (χ2n) is 9.65. The lowest BCUT2D eigenvalue weighted by atomic mass is 9.90. The number of carbonyl (C=O) groups excluding carboxylic acids is 1. The lowest BCUT2D eigenvalue weighted by Crippen LogP contribution is -2.43. The molecular formula is C25H30FN7O2. The number of likely N-dealkylation sites (tertiary alicyclic amines) is 2. The largest absolute Gasteiger partial charge is 0.493 e. The van der Waals surface area contributed by atoms with E-state index in [1.807, 2.05) is 15.5 Å². The molecule has 9 nitrogen and oxygen atoms in total. The fourth-order valence-electron chi connectivity index (χ4n) is 5.60. The highest BCUT2D eigenvalue weighted by atomic mass is 19.1. The van der Waals surface area contributed by atoms with Gasteiger partial charge < -0.3 is 15.0 Å². The van der Waals surface area contributed by atoms with Gasteiger partial charge in [-0.25, -0.2) is 9.37 Å². The molecule has 0 atom stereocenters. The predicted molar refractivity (Wildman–Crippen MR) is 128 cm³/mol. The molecule has 0 radical (unpaired) electrons. The number of hydrogen-bond acceptors (Lipinski definition) is 7. The number of nitrogens with zero attached hydrogens (tertiary/aromatic N) is 6. The molecule has 0 aliphatic carbocycles. The van der Waals surface area contributed by atoms with Gasteiger partial charge in [-0.15, -0.1) is 10.2 Å². The van der Waals surface area contributed by atoms with Crippen molar-refractivity contribution in [3.8, 4) is 5.75 Å². The molecule has 3 aromatic rings. The summed E-state index contributed by atoms with van der Waals surface area (Å²) in [7, 11) is 0. The van der Waals surface area contributed by atoms with Crippen LogP contribution >= 0.6 is 0 Å². The third-order valence-electron chi connectivity index (χ3n) is 7.57. The molecule has 1 amide bonds. The number of aromatic nitrogens is 4. The zero-order valence-electron chi connectivity index (χ0n) is 19.7. The molecule has 2 fully saturated rings. The van der Waals surface area contributed by atoms with Crippen LogP contribution in [0.25, 0.3) is 5.65 Å². The Morgan fingerprint density at radius 1 is 1.17 bits per heavy atom. The normalized spacial score (nSPS) is 18.7. The second kappa shape index (κ2) is 9.41. The first-order valence-electron chi connectivity index (χ1n) is 12.5. The summed E-state index contributed by atoms with van der Waals surface area (Å²) in [6.07, 6.45) is 8.34. The fraction of sp³-hybridized carbons (Fsp3) is 0.520. The van der Waals surface area contributed by atoms with Crippen molar-refractivity contribution in [2.24, 2.45) is 0 Å². The molecule has 1 aromatic carbocycles. The van der Waals surface area contributed by atoms with Crippen LogP contribution in [-0.4, -0.2) is 74.6 Å². The van der Waals surface area contributed by atoms with E-state index in [0.717, 1.165) is 61.5 Å². The van der Waals surface area contributed by atoms with Gasteiger partial charge in [0.15, 0.2) is 5.65 Å². The average Bonchev–Trinajstić information content (AvgIpc) is 3.65. The summed E-state index contributed by atoms with van der Waals surface area (Å²) in [5, 5.41) is 11.7. The lowest BCUT2D eigenvalue weighted by Gasteiger charge is -2.33. The first kappa shape index (κ1) is 22.2. The Labute approximate surface area is 203 Å². The van der Waals surface area contributed by atoms with Gasteiger partial charge >= 0.3 is 0 Å². The summed E-state index contributed by atoms with van der Waals surface area (Å²) in [4.78, 5) is 21.6. The molecular weight excluding hydrogens is 449 g/mol. The Morgan fingerprint density at radius 3 is 2.83 bits per heavy atom. The number of benzene rings is 1. The summed E-state index contributed by atoms with van der Waals surface area (Å²) in [6, 6.07) is 3.14. The van der Waals surface area contributed by atoms with Crippen LogP contribution in [0, 0.1) is 5.82 Å². The predicted octanol–water partition coefficient (Wildman–Crippen LogP) is 2.61. The molecule has 5 heterocycles. The van der Waals surface area contributed by atoms with Crippen LogP contribution in [0.2, 0.25) is 0 Å². The average molecular weight is 480 g/mol. The van der Waals surface area contributed by atoms with E-state index >= 15 is 0 Å². The highest BCUT2D eigenvalue weighted by Crippen LogP contribution is 2.32. The van der Waals surface area contributed by atoms with Crippen molar-refractivity contribution in [3.05, 3.63) is 47.2 Å². The van der Waals surface area contributed by atoms with Gasteiger partial charge in [0.25, 0.3) is 0 Å². The first-order chi connectivity index (χ1) is 17.2. The minimum absolute atomic E-state index is 0.237. The number of anilines is 1. The van der Waals surface area contributed by atoms with Crippen molar-refractivity contribution in [1.82, 2.24) is 29.4 Å². The summed E-state index contributed by atoms with van der Waals surface area (Å²) < 4.78 is 21.9. The Bertz CT molecular complexity index is 1230. The second-order valence-corrected chi connectivity index (χ2v) is 9.65. The molecule has 2 aromatic heterocycles. The number of fused-ring (bicyclic) bond motifs is 2. The highest BCUT2D eigenvalue weighted by molar-refractivity contribution is 5.78. The third-order valence-corrected chi connectivity index (χ3v) is 7.57. The van der Waals surface area contributed by atoms with Crippen molar-refractivity contribution in [2.75, 3.05) is 44.6 Å². The van der Waals surface area contributed by atoms with Crippen LogP contribution in [0.15, 0.2) is 24.7 Å². The summed E-state index contributed by atoms with van der Waals surface area (Å²) in [5.74, 6) is 1.59. The van der Waals surface area contributed by atoms with Crippen molar-refractivity contribution >= 4 is 17.5 Å². The lowest BCUT2D eigenvalue weighted by molar-refractivity contribution is -0.133. The SMILES string of the molecule is O=C(CN1CCCC1)N1CCC(c2cnc(NCc3c(F)ccc4c3CCO4)n3cnnc23)CC1. The summed E-state index contributed by atoms with van der Waals surface area (Å²) in [5.41, 5.74) is 3.32. The van der Waals surface area contributed by atoms with Crippen LogP contribution in [0.5, 0.6) is 5.75 Å². The molecule has 184 valence electrons. The minimum Gasteiger partial charge on any atom is -0.493 e. The first-order valence-corrected chi connectivity index (χ1v) is 12.5. The van der Waals surface area contributed by atoms with Crippen molar-refractivity contribution in [1.29, 1.82) is 0 Å². The van der Waals surface area contributed by atoms with Gasteiger partial charge in [-0.3, -0.25) is 14.1 Å². The van der Waals surface area contributed by atoms with Crippen LogP contribution in [0.4, 0.5) is 10.3 Å². The number of halogens is 1. The summed E-state index contributed by atoms with van der Waals surface area (Å²) in [6.45, 7) is 4.99. The smallest absolute Gasteiger partial charge is 0.236 e. The van der Waals surface area contributed by atoms with E-state index < -0.39 is 0 Å². The molecule has 35 heavy (non-hydrogen) atoms. The number of amides is 1. The number of carbonyl (C=O) groups is 1. The molecule has 0 saturated carbocycles. The van der Waals surface area contributed by atoms with Crippen molar-refractivity contribution < 1.29 is 13.9 Å². The molecule has 2 saturated heterocycles. The maximum absolute atomic E-state index is 14.5. The van der Waals surface area contributed by atoms with Crippen LogP contribution in [-0.2, 0) is 17.8 Å². The van der Waals surface area contributed by atoms with Crippen molar-refractivity contribution in [3.63, 3.8) is 0 Å². The summed E-state index contributed by atoms with van der Waals surface area (Å²) >= 11 is 0. The van der Waals surface area contributed by atoms with Gasteiger partial charge in [0, 0.05) is 48.9 Å². The van der Waals surface area contributed by atoms with E-state index in [1.54, 1.807) is 12.4 Å². The van der Waals surface area contributed by atoms with Gasteiger partial charge in [-0.1, -0.05) is 0 Å². The quantitative estimate of drug-likeness (QED) is 0.582. The maximum Gasteiger partial charge on any atom is 0.236 e. The molecule has 6 rings (SSSR count). The molecule has 3 aliphatic heterocycles. The van der Waals surface area contributed by atoms with E-state index in [1.165, 1.54) is 18.9 Å². The molecule has 0 spiro atoms. The topological polar surface area (TPSA) is 87.9 Å². The number of piperidine rings is 1. The van der Waals surface area contributed by atoms with E-state index in [9.17, 15) is 9.18 Å². The van der Waals surface area contributed by atoms with Gasteiger partial charge in [0.2, 0.25) is 11.9 Å². The monoisotopic (exact) mass is 479 g/mol. The van der Waals surface area contributed by atoms with Crippen molar-refractivity contribution in [2.45, 2.75) is 44.6 Å². The maximum atomic E-state index is 14.5.